The number of aryl methyl sites for hydroxylation is 2. The van der Waals surface area contributed by atoms with Crippen LogP contribution in [0.4, 0.5) is 23.2 Å². The summed E-state index contributed by atoms with van der Waals surface area (Å²) < 4.78 is 52.7. The molecule has 2 nitrogen and oxygen atoms in total. The maximum atomic E-state index is 13.4. The topological polar surface area (TPSA) is 24.9 Å². The monoisotopic (exact) mass is 284 g/mol. The van der Waals surface area contributed by atoms with Gasteiger partial charge < -0.3 is 5.32 Å². The summed E-state index contributed by atoms with van der Waals surface area (Å²) >= 11 is 0. The van der Waals surface area contributed by atoms with Gasteiger partial charge in [0.25, 0.3) is 11.9 Å². The van der Waals surface area contributed by atoms with Gasteiger partial charge in [-0.15, -0.1) is 0 Å². The van der Waals surface area contributed by atoms with Crippen molar-refractivity contribution in [3.8, 4) is 0 Å². The van der Waals surface area contributed by atoms with Gasteiger partial charge in [-0.2, -0.15) is 22.5 Å². The van der Waals surface area contributed by atoms with Gasteiger partial charge in [0.15, 0.2) is 0 Å². The Bertz CT molecular complexity index is 630. The van der Waals surface area contributed by atoms with E-state index in [0.29, 0.717) is 0 Å². The van der Waals surface area contributed by atoms with Crippen LogP contribution in [0.15, 0.2) is 18.2 Å². The second-order valence-electron chi connectivity index (χ2n) is 4.48. The second-order valence-corrected chi connectivity index (χ2v) is 4.48. The minimum absolute atomic E-state index is 0.0445. The van der Waals surface area contributed by atoms with Crippen molar-refractivity contribution in [3.05, 3.63) is 58.4 Å². The van der Waals surface area contributed by atoms with Gasteiger partial charge in [-0.1, -0.05) is 23.8 Å². The van der Waals surface area contributed by atoms with Crippen molar-refractivity contribution in [2.24, 2.45) is 0 Å². The van der Waals surface area contributed by atoms with Gasteiger partial charge in [0, 0.05) is 6.54 Å². The maximum absolute atomic E-state index is 13.4. The third-order valence-electron chi connectivity index (χ3n) is 2.95. The molecule has 1 aromatic heterocycles. The first kappa shape index (κ1) is 14.3. The Hall–Kier alpha value is -2.11. The average Bonchev–Trinajstić information content (AvgIpc) is 2.38. The van der Waals surface area contributed by atoms with Gasteiger partial charge >= 0.3 is 0 Å². The summed E-state index contributed by atoms with van der Waals surface area (Å²) in [5.41, 5.74) is 1.87. The second kappa shape index (κ2) is 5.48. The van der Waals surface area contributed by atoms with Crippen molar-refractivity contribution >= 4 is 5.69 Å². The molecule has 6 heteroatoms. The number of pyridine rings is 1. The largest absolute Gasteiger partial charge is 0.376 e. The van der Waals surface area contributed by atoms with E-state index in [0.717, 1.165) is 16.7 Å². The van der Waals surface area contributed by atoms with E-state index in [9.17, 15) is 17.6 Å². The molecule has 1 aromatic carbocycles. The summed E-state index contributed by atoms with van der Waals surface area (Å²) in [5.74, 6) is -6.42. The Labute approximate surface area is 113 Å². The van der Waals surface area contributed by atoms with Crippen LogP contribution in [0.3, 0.4) is 0 Å². The summed E-state index contributed by atoms with van der Waals surface area (Å²) in [6.07, 6.45) is 0. The number of hydrogen-bond donors (Lipinski definition) is 1. The highest BCUT2D eigenvalue weighted by atomic mass is 19.2. The number of aromatic nitrogens is 1. The highest BCUT2D eigenvalue weighted by Gasteiger charge is 2.20. The van der Waals surface area contributed by atoms with Crippen LogP contribution in [0.25, 0.3) is 0 Å². The van der Waals surface area contributed by atoms with Crippen LogP contribution in [0, 0.1) is 37.4 Å². The number of anilines is 1. The van der Waals surface area contributed by atoms with Crippen molar-refractivity contribution in [1.82, 2.24) is 4.98 Å². The predicted molar refractivity (Wildman–Crippen MR) is 67.3 cm³/mol. The summed E-state index contributed by atoms with van der Waals surface area (Å²) in [6.45, 7) is 3.80. The Morgan fingerprint density at radius 3 is 2.15 bits per heavy atom. The number of halogens is 4. The first-order valence-corrected chi connectivity index (χ1v) is 5.90. The number of nitrogens with one attached hydrogen (secondary N) is 1. The van der Waals surface area contributed by atoms with E-state index in [4.69, 9.17) is 0 Å². The fourth-order valence-corrected chi connectivity index (χ4v) is 1.87. The lowest BCUT2D eigenvalue weighted by molar-refractivity contribution is 0.410. The maximum Gasteiger partial charge on any atom is 0.253 e. The summed E-state index contributed by atoms with van der Waals surface area (Å²) in [7, 11) is 0. The quantitative estimate of drug-likeness (QED) is 0.683. The highest BCUT2D eigenvalue weighted by Crippen LogP contribution is 2.23. The van der Waals surface area contributed by atoms with Gasteiger partial charge in [-0.3, -0.25) is 0 Å². The molecule has 2 aromatic rings. The van der Waals surface area contributed by atoms with E-state index >= 15 is 0 Å². The van der Waals surface area contributed by atoms with Gasteiger partial charge in [-0.25, -0.2) is 0 Å². The molecule has 0 atom stereocenters. The van der Waals surface area contributed by atoms with E-state index in [1.165, 1.54) is 0 Å². The number of nitrogens with zero attached hydrogens (tertiary/aromatic N) is 1. The van der Waals surface area contributed by atoms with E-state index in [-0.39, 0.29) is 6.54 Å². The minimum Gasteiger partial charge on any atom is -0.376 e. The molecule has 0 bridgehead atoms. The van der Waals surface area contributed by atoms with Crippen molar-refractivity contribution in [2.45, 2.75) is 20.4 Å². The molecule has 0 fully saturated rings. The van der Waals surface area contributed by atoms with Crippen LogP contribution in [-0.4, -0.2) is 4.98 Å². The summed E-state index contributed by atoms with van der Waals surface area (Å²) in [4.78, 5) is 2.49. The Morgan fingerprint density at radius 1 is 1.00 bits per heavy atom. The fourth-order valence-electron chi connectivity index (χ4n) is 1.87. The molecular formula is C14H12F4N2. The number of rotatable bonds is 3. The molecule has 20 heavy (non-hydrogen) atoms. The Balaban J connectivity index is 2.27. The molecular weight excluding hydrogens is 272 g/mol. The zero-order valence-corrected chi connectivity index (χ0v) is 10.9. The molecule has 0 radical (unpaired) electrons. The molecule has 0 aliphatic carbocycles. The van der Waals surface area contributed by atoms with Crippen molar-refractivity contribution in [1.29, 1.82) is 0 Å². The SMILES string of the molecule is Cc1ccc(CNc2c(F)c(F)nc(F)c2F)c(C)c1. The number of hydrogen-bond acceptors (Lipinski definition) is 2. The molecule has 0 amide bonds. The third kappa shape index (κ3) is 2.74. The molecule has 1 heterocycles. The lowest BCUT2D eigenvalue weighted by Crippen LogP contribution is -2.10. The molecule has 0 saturated heterocycles. The van der Waals surface area contributed by atoms with Crippen LogP contribution in [0.1, 0.15) is 16.7 Å². The molecule has 106 valence electrons. The van der Waals surface area contributed by atoms with Crippen LogP contribution in [0.5, 0.6) is 0 Å². The highest BCUT2D eigenvalue weighted by molar-refractivity contribution is 5.46. The summed E-state index contributed by atoms with van der Waals surface area (Å²) in [6, 6.07) is 5.52. The first-order chi connectivity index (χ1) is 9.40. The molecule has 1 N–H and O–H groups in total. The standard InChI is InChI=1S/C14H12F4N2/c1-7-3-4-9(8(2)5-7)6-19-12-10(15)13(17)20-14(18)11(12)16/h3-5H,6H2,1-2H3,(H,19,20). The van der Waals surface area contributed by atoms with Gasteiger partial charge in [-0.05, 0) is 25.0 Å². The fraction of sp³-hybridized carbons (Fsp3) is 0.214. The predicted octanol–water partition coefficient (Wildman–Crippen LogP) is 3.87. The zero-order valence-electron chi connectivity index (χ0n) is 10.9. The lowest BCUT2D eigenvalue weighted by Gasteiger charge is -2.11. The van der Waals surface area contributed by atoms with Crippen molar-refractivity contribution in [2.75, 3.05) is 5.32 Å². The molecule has 0 aliphatic heterocycles. The van der Waals surface area contributed by atoms with E-state index < -0.39 is 29.2 Å². The molecule has 0 spiro atoms. The van der Waals surface area contributed by atoms with E-state index in [1.807, 2.05) is 26.0 Å². The van der Waals surface area contributed by atoms with Crippen molar-refractivity contribution in [3.63, 3.8) is 0 Å². The van der Waals surface area contributed by atoms with Gasteiger partial charge in [0.2, 0.25) is 11.6 Å². The molecule has 2 rings (SSSR count). The van der Waals surface area contributed by atoms with Gasteiger partial charge in [0.05, 0.1) is 0 Å². The van der Waals surface area contributed by atoms with Crippen LogP contribution < -0.4 is 5.32 Å². The van der Waals surface area contributed by atoms with E-state index in [1.54, 1.807) is 6.07 Å². The average molecular weight is 284 g/mol. The first-order valence-electron chi connectivity index (χ1n) is 5.90. The van der Waals surface area contributed by atoms with Crippen LogP contribution in [0.2, 0.25) is 0 Å². The van der Waals surface area contributed by atoms with Crippen molar-refractivity contribution < 1.29 is 17.6 Å². The third-order valence-corrected chi connectivity index (χ3v) is 2.95. The number of benzene rings is 1. The Morgan fingerprint density at radius 2 is 1.60 bits per heavy atom. The van der Waals surface area contributed by atoms with Gasteiger partial charge in [0.1, 0.15) is 5.69 Å². The van der Waals surface area contributed by atoms with E-state index in [2.05, 4.69) is 10.3 Å². The van der Waals surface area contributed by atoms with Crippen LogP contribution >= 0.6 is 0 Å². The Kier molecular flexibility index (Phi) is 3.92. The zero-order chi connectivity index (χ0) is 14.9. The smallest absolute Gasteiger partial charge is 0.253 e. The summed E-state index contributed by atoms with van der Waals surface area (Å²) in [5, 5.41) is 2.37. The molecule has 0 unspecified atom stereocenters. The molecule has 0 saturated carbocycles. The normalized spacial score (nSPS) is 10.7. The lowest BCUT2D eigenvalue weighted by atomic mass is 10.1. The minimum atomic E-state index is -1.67. The van der Waals surface area contributed by atoms with Crippen LogP contribution in [-0.2, 0) is 6.54 Å². The molecule has 0 aliphatic rings.